The molecular weight excluding hydrogens is 230 g/mol. The number of rotatable bonds is 1. The van der Waals surface area contributed by atoms with Crippen LogP contribution in [0, 0.1) is 32.3 Å². The summed E-state index contributed by atoms with van der Waals surface area (Å²) in [5.41, 5.74) is 5.10. The van der Waals surface area contributed by atoms with E-state index in [0.717, 1.165) is 34.0 Å². The Kier molecular flexibility index (Phi) is 3.07. The topological polar surface area (TPSA) is 41.6 Å². The maximum absolute atomic E-state index is 5.25. The van der Waals surface area contributed by atoms with Gasteiger partial charge in [-0.1, -0.05) is 12.2 Å². The van der Waals surface area contributed by atoms with Gasteiger partial charge < -0.3 is 4.98 Å². The molecule has 2 aromatic rings. The van der Waals surface area contributed by atoms with Crippen LogP contribution < -0.4 is 0 Å². The molecular formula is C13H15N3S. The second-order valence-electron chi connectivity index (χ2n) is 4.28. The highest BCUT2D eigenvalue weighted by Crippen LogP contribution is 2.18. The number of pyridine rings is 1. The van der Waals surface area contributed by atoms with Crippen molar-refractivity contribution in [1.29, 1.82) is 0 Å². The summed E-state index contributed by atoms with van der Waals surface area (Å²) >= 11 is 5.25. The minimum atomic E-state index is 0.656. The first-order chi connectivity index (χ1) is 7.97. The van der Waals surface area contributed by atoms with Gasteiger partial charge in [0.1, 0.15) is 10.5 Å². The van der Waals surface area contributed by atoms with Gasteiger partial charge in [0.05, 0.1) is 0 Å². The van der Waals surface area contributed by atoms with Gasteiger partial charge in [0.2, 0.25) is 0 Å². The third kappa shape index (κ3) is 2.42. The van der Waals surface area contributed by atoms with E-state index >= 15 is 0 Å². The minimum absolute atomic E-state index is 0.656. The van der Waals surface area contributed by atoms with Crippen LogP contribution in [0.25, 0.3) is 11.4 Å². The normalized spacial score (nSPS) is 10.6. The van der Waals surface area contributed by atoms with Crippen molar-refractivity contribution < 1.29 is 0 Å². The predicted molar refractivity (Wildman–Crippen MR) is 71.6 cm³/mol. The summed E-state index contributed by atoms with van der Waals surface area (Å²) in [6, 6.07) is 4.02. The molecule has 0 spiro atoms. The summed E-state index contributed by atoms with van der Waals surface area (Å²) in [6.07, 6.45) is 0. The summed E-state index contributed by atoms with van der Waals surface area (Å²) in [6.45, 7) is 7.95. The SMILES string of the molecule is Cc1cc(-c2nc(=S)c(C)c(C)[nH]2)cc(C)n1. The lowest BCUT2D eigenvalue weighted by Gasteiger charge is -2.07. The number of aromatic amines is 1. The quantitative estimate of drug-likeness (QED) is 0.782. The van der Waals surface area contributed by atoms with Crippen molar-refractivity contribution in [2.24, 2.45) is 0 Å². The van der Waals surface area contributed by atoms with Crippen molar-refractivity contribution >= 4 is 12.2 Å². The first kappa shape index (κ1) is 11.9. The van der Waals surface area contributed by atoms with Crippen LogP contribution in [0.3, 0.4) is 0 Å². The van der Waals surface area contributed by atoms with Crippen LogP contribution in [0.1, 0.15) is 22.6 Å². The molecule has 0 aliphatic rings. The zero-order chi connectivity index (χ0) is 12.6. The third-order valence-electron chi connectivity index (χ3n) is 2.76. The largest absolute Gasteiger partial charge is 0.343 e. The summed E-state index contributed by atoms with van der Waals surface area (Å²) in [5.74, 6) is 0.812. The number of H-pyrrole nitrogens is 1. The van der Waals surface area contributed by atoms with Crippen LogP contribution in [0.5, 0.6) is 0 Å². The lowest BCUT2D eigenvalue weighted by atomic mass is 10.1. The van der Waals surface area contributed by atoms with E-state index < -0.39 is 0 Å². The number of aryl methyl sites for hydroxylation is 3. The van der Waals surface area contributed by atoms with E-state index in [1.165, 1.54) is 0 Å². The van der Waals surface area contributed by atoms with Crippen LogP contribution in [-0.2, 0) is 0 Å². The number of nitrogens with zero attached hydrogens (tertiary/aromatic N) is 2. The lowest BCUT2D eigenvalue weighted by molar-refractivity contribution is 1.05. The first-order valence-electron chi connectivity index (χ1n) is 5.50. The van der Waals surface area contributed by atoms with E-state index in [-0.39, 0.29) is 0 Å². The predicted octanol–water partition coefficient (Wildman–Crippen LogP) is 3.43. The van der Waals surface area contributed by atoms with E-state index in [9.17, 15) is 0 Å². The van der Waals surface area contributed by atoms with Crippen LogP contribution in [-0.4, -0.2) is 15.0 Å². The molecule has 0 aliphatic carbocycles. The Hall–Kier alpha value is -1.55. The Morgan fingerprint density at radius 3 is 2.12 bits per heavy atom. The van der Waals surface area contributed by atoms with Crippen molar-refractivity contribution in [2.45, 2.75) is 27.7 Å². The average Bonchev–Trinajstić information content (AvgIpc) is 2.23. The van der Waals surface area contributed by atoms with E-state index in [4.69, 9.17) is 12.2 Å². The molecule has 88 valence electrons. The van der Waals surface area contributed by atoms with Crippen molar-refractivity contribution in [3.8, 4) is 11.4 Å². The molecule has 17 heavy (non-hydrogen) atoms. The molecule has 2 aromatic heterocycles. The van der Waals surface area contributed by atoms with Gasteiger partial charge in [0, 0.05) is 28.2 Å². The highest BCUT2D eigenvalue weighted by molar-refractivity contribution is 7.71. The molecule has 2 heterocycles. The van der Waals surface area contributed by atoms with Crippen LogP contribution in [0.15, 0.2) is 12.1 Å². The summed E-state index contributed by atoms with van der Waals surface area (Å²) in [4.78, 5) is 12.1. The lowest BCUT2D eigenvalue weighted by Crippen LogP contribution is -1.98. The van der Waals surface area contributed by atoms with Gasteiger partial charge in [-0.05, 0) is 39.8 Å². The van der Waals surface area contributed by atoms with Gasteiger partial charge in [0.15, 0.2) is 0 Å². The van der Waals surface area contributed by atoms with Crippen LogP contribution in [0.2, 0.25) is 0 Å². The molecule has 0 saturated heterocycles. The zero-order valence-electron chi connectivity index (χ0n) is 10.5. The van der Waals surface area contributed by atoms with Crippen LogP contribution in [0.4, 0.5) is 0 Å². The van der Waals surface area contributed by atoms with E-state index in [2.05, 4.69) is 15.0 Å². The van der Waals surface area contributed by atoms with Gasteiger partial charge in [-0.15, -0.1) is 0 Å². The van der Waals surface area contributed by atoms with Gasteiger partial charge in [-0.25, -0.2) is 4.98 Å². The van der Waals surface area contributed by atoms with Crippen molar-refractivity contribution in [2.75, 3.05) is 0 Å². The van der Waals surface area contributed by atoms with Crippen molar-refractivity contribution in [3.63, 3.8) is 0 Å². The maximum Gasteiger partial charge on any atom is 0.139 e. The molecule has 0 fully saturated rings. The Balaban J connectivity index is 2.65. The molecule has 0 aromatic carbocycles. The molecule has 1 N–H and O–H groups in total. The second kappa shape index (κ2) is 4.37. The number of hydrogen-bond acceptors (Lipinski definition) is 3. The third-order valence-corrected chi connectivity index (χ3v) is 3.15. The monoisotopic (exact) mass is 245 g/mol. The van der Waals surface area contributed by atoms with Gasteiger partial charge in [-0.2, -0.15) is 0 Å². The Bertz CT molecular complexity index is 609. The fourth-order valence-corrected chi connectivity index (χ4v) is 2.00. The highest BCUT2D eigenvalue weighted by Gasteiger charge is 2.05. The molecule has 2 rings (SSSR count). The molecule has 3 nitrogen and oxygen atoms in total. The minimum Gasteiger partial charge on any atom is -0.343 e. The van der Waals surface area contributed by atoms with E-state index in [1.807, 2.05) is 39.8 Å². The summed E-state index contributed by atoms with van der Waals surface area (Å²) in [5, 5.41) is 0. The second-order valence-corrected chi connectivity index (χ2v) is 4.67. The van der Waals surface area contributed by atoms with Crippen molar-refractivity contribution in [1.82, 2.24) is 15.0 Å². The Labute approximate surface area is 106 Å². The zero-order valence-corrected chi connectivity index (χ0v) is 11.3. The van der Waals surface area contributed by atoms with Gasteiger partial charge in [-0.3, -0.25) is 4.98 Å². The maximum atomic E-state index is 5.25. The molecule has 0 radical (unpaired) electrons. The smallest absolute Gasteiger partial charge is 0.139 e. The fraction of sp³-hybridized carbons (Fsp3) is 0.308. The van der Waals surface area contributed by atoms with E-state index in [1.54, 1.807) is 0 Å². The summed E-state index contributed by atoms with van der Waals surface area (Å²) < 4.78 is 0.656. The molecule has 0 bridgehead atoms. The molecule has 0 saturated carbocycles. The molecule has 0 atom stereocenters. The first-order valence-corrected chi connectivity index (χ1v) is 5.91. The molecule has 0 amide bonds. The molecule has 4 heteroatoms. The van der Waals surface area contributed by atoms with Crippen LogP contribution >= 0.6 is 12.2 Å². The summed E-state index contributed by atoms with van der Waals surface area (Å²) in [7, 11) is 0. The Morgan fingerprint density at radius 2 is 1.59 bits per heavy atom. The number of aromatic nitrogens is 3. The molecule has 0 aliphatic heterocycles. The number of hydrogen-bond donors (Lipinski definition) is 1. The number of nitrogens with one attached hydrogen (secondary N) is 1. The van der Waals surface area contributed by atoms with E-state index in [0.29, 0.717) is 4.64 Å². The van der Waals surface area contributed by atoms with Gasteiger partial charge >= 0.3 is 0 Å². The highest BCUT2D eigenvalue weighted by atomic mass is 32.1. The Morgan fingerprint density at radius 1 is 1.00 bits per heavy atom. The molecule has 0 unspecified atom stereocenters. The standard InChI is InChI=1S/C13H15N3S/c1-7-5-11(6-8(2)14-7)12-15-10(4)9(3)13(17)16-12/h5-6H,1-4H3,(H,15,16,17). The van der Waals surface area contributed by atoms with Crippen molar-refractivity contribution in [3.05, 3.63) is 39.4 Å². The van der Waals surface area contributed by atoms with Gasteiger partial charge in [0.25, 0.3) is 0 Å². The fourth-order valence-electron chi connectivity index (χ4n) is 1.75. The average molecular weight is 245 g/mol.